The van der Waals surface area contributed by atoms with Crippen LogP contribution >= 0.6 is 0 Å². The molecule has 0 aliphatic carbocycles. The third kappa shape index (κ3) is 4.33. The maximum Gasteiger partial charge on any atom is 0.0996 e. The van der Waals surface area contributed by atoms with Crippen LogP contribution in [0.25, 0.3) is 0 Å². The number of hydrogen-bond donors (Lipinski definition) is 0. The van der Waals surface area contributed by atoms with E-state index in [1.165, 1.54) is 0 Å². The highest BCUT2D eigenvalue weighted by atomic mass is 16.5. The van der Waals surface area contributed by atoms with Crippen LogP contribution in [0.2, 0.25) is 0 Å². The normalized spacial score (nSPS) is 27.7. The van der Waals surface area contributed by atoms with Crippen molar-refractivity contribution in [2.24, 2.45) is 0 Å². The molecular weight excluding hydrogens is 304 g/mol. The summed E-state index contributed by atoms with van der Waals surface area (Å²) in [4.78, 5) is 9.25. The molecule has 0 amide bonds. The fourth-order valence-electron chi connectivity index (χ4n) is 3.68. The van der Waals surface area contributed by atoms with Crippen LogP contribution < -0.4 is 0 Å². The lowest BCUT2D eigenvalue weighted by Gasteiger charge is -2.41. The second kappa shape index (κ2) is 7.91. The van der Waals surface area contributed by atoms with Crippen LogP contribution in [0, 0.1) is 6.92 Å². The number of likely N-dealkylation sites (N-methyl/N-ethyl adjacent to an activating group) is 1. The summed E-state index contributed by atoms with van der Waals surface area (Å²) in [6.07, 6.45) is 0.356. The third-order valence-corrected chi connectivity index (χ3v) is 5.21. The van der Waals surface area contributed by atoms with Gasteiger partial charge >= 0.3 is 0 Å². The standard InChI is InChI=1S/C17H32N6O/c1-5-23-18-15(3)17(19-23)13-22-7-6-21(10-14(22)2)12-16-11-20(4)8-9-24-16/h14,16H,5-13H2,1-4H3. The van der Waals surface area contributed by atoms with Crippen molar-refractivity contribution in [1.29, 1.82) is 0 Å². The summed E-state index contributed by atoms with van der Waals surface area (Å²) in [6.45, 7) is 15.5. The van der Waals surface area contributed by atoms with E-state index in [1.807, 2.05) is 0 Å². The van der Waals surface area contributed by atoms with E-state index >= 15 is 0 Å². The van der Waals surface area contributed by atoms with E-state index < -0.39 is 0 Å². The Bertz CT molecular complexity index is 533. The van der Waals surface area contributed by atoms with Crippen molar-refractivity contribution >= 4 is 0 Å². The molecule has 2 aliphatic heterocycles. The van der Waals surface area contributed by atoms with Gasteiger partial charge in [0.25, 0.3) is 0 Å². The summed E-state index contributed by atoms with van der Waals surface area (Å²) in [5.41, 5.74) is 2.18. The predicted octanol–water partition coefficient (Wildman–Crippen LogP) is 0.443. The van der Waals surface area contributed by atoms with Gasteiger partial charge in [0.15, 0.2) is 0 Å². The zero-order valence-corrected chi connectivity index (χ0v) is 15.6. The van der Waals surface area contributed by atoms with E-state index in [0.717, 1.165) is 70.4 Å². The van der Waals surface area contributed by atoms with E-state index in [0.29, 0.717) is 12.1 Å². The van der Waals surface area contributed by atoms with Crippen LogP contribution in [0.4, 0.5) is 0 Å². The fourth-order valence-corrected chi connectivity index (χ4v) is 3.68. The Morgan fingerprint density at radius 1 is 1.17 bits per heavy atom. The van der Waals surface area contributed by atoms with E-state index in [2.05, 4.69) is 52.7 Å². The Balaban J connectivity index is 1.50. The maximum absolute atomic E-state index is 5.92. The molecule has 2 aliphatic rings. The van der Waals surface area contributed by atoms with Crippen molar-refractivity contribution in [3.63, 3.8) is 0 Å². The summed E-state index contributed by atoms with van der Waals surface area (Å²) in [6, 6.07) is 0.534. The summed E-state index contributed by atoms with van der Waals surface area (Å²) in [5, 5.41) is 9.07. The Morgan fingerprint density at radius 2 is 2.00 bits per heavy atom. The van der Waals surface area contributed by atoms with Crippen LogP contribution in [0.5, 0.6) is 0 Å². The first-order chi connectivity index (χ1) is 11.5. The molecule has 0 radical (unpaired) electrons. The van der Waals surface area contributed by atoms with Gasteiger partial charge in [-0.25, -0.2) is 0 Å². The van der Waals surface area contributed by atoms with Gasteiger partial charge in [0, 0.05) is 51.9 Å². The third-order valence-electron chi connectivity index (χ3n) is 5.21. The fraction of sp³-hybridized carbons (Fsp3) is 0.882. The first kappa shape index (κ1) is 17.8. The van der Waals surface area contributed by atoms with Crippen molar-refractivity contribution in [1.82, 2.24) is 29.7 Å². The molecule has 7 nitrogen and oxygen atoms in total. The molecule has 1 aromatic heterocycles. The van der Waals surface area contributed by atoms with E-state index in [1.54, 1.807) is 4.80 Å². The quantitative estimate of drug-likeness (QED) is 0.778. The van der Waals surface area contributed by atoms with Crippen molar-refractivity contribution in [3.05, 3.63) is 11.4 Å². The van der Waals surface area contributed by atoms with Crippen molar-refractivity contribution < 1.29 is 4.74 Å². The molecule has 136 valence electrons. The molecule has 3 heterocycles. The average Bonchev–Trinajstić information content (AvgIpc) is 2.90. The molecule has 2 atom stereocenters. The first-order valence-corrected chi connectivity index (χ1v) is 9.22. The van der Waals surface area contributed by atoms with Crippen molar-refractivity contribution in [2.45, 2.75) is 46.0 Å². The number of rotatable bonds is 5. The number of aromatic nitrogens is 3. The monoisotopic (exact) mass is 336 g/mol. The molecule has 24 heavy (non-hydrogen) atoms. The molecule has 0 N–H and O–H groups in total. The summed E-state index contributed by atoms with van der Waals surface area (Å²) < 4.78 is 5.92. The highest BCUT2D eigenvalue weighted by molar-refractivity contribution is 5.06. The number of nitrogens with zero attached hydrogens (tertiary/aromatic N) is 6. The van der Waals surface area contributed by atoms with Crippen LogP contribution in [-0.2, 0) is 17.8 Å². The van der Waals surface area contributed by atoms with E-state index in [9.17, 15) is 0 Å². The molecule has 0 spiro atoms. The smallest absolute Gasteiger partial charge is 0.0996 e. The van der Waals surface area contributed by atoms with Gasteiger partial charge in [0.2, 0.25) is 0 Å². The molecule has 7 heteroatoms. The number of hydrogen-bond acceptors (Lipinski definition) is 6. The minimum atomic E-state index is 0.356. The molecule has 0 aromatic carbocycles. The number of piperazine rings is 1. The van der Waals surface area contributed by atoms with Crippen LogP contribution in [0.1, 0.15) is 25.2 Å². The van der Waals surface area contributed by atoms with Crippen LogP contribution in [0.15, 0.2) is 0 Å². The van der Waals surface area contributed by atoms with Crippen LogP contribution in [-0.4, -0.2) is 94.8 Å². The molecule has 2 unspecified atom stereocenters. The minimum Gasteiger partial charge on any atom is -0.374 e. The summed E-state index contributed by atoms with van der Waals surface area (Å²) >= 11 is 0. The second-order valence-electron chi connectivity index (χ2n) is 7.25. The summed E-state index contributed by atoms with van der Waals surface area (Å²) in [7, 11) is 2.18. The molecule has 2 saturated heterocycles. The van der Waals surface area contributed by atoms with Crippen LogP contribution in [0.3, 0.4) is 0 Å². The van der Waals surface area contributed by atoms with Gasteiger partial charge in [-0.15, -0.1) is 0 Å². The second-order valence-corrected chi connectivity index (χ2v) is 7.25. The highest BCUT2D eigenvalue weighted by Crippen LogP contribution is 2.16. The SMILES string of the molecule is CCn1nc(C)c(CN2CCN(CC3CN(C)CCO3)CC2C)n1. The Morgan fingerprint density at radius 3 is 2.67 bits per heavy atom. The van der Waals surface area contributed by atoms with Gasteiger partial charge in [-0.3, -0.25) is 9.80 Å². The molecule has 2 fully saturated rings. The topological polar surface area (TPSA) is 49.7 Å². The molecular formula is C17H32N6O. The van der Waals surface area contributed by atoms with Gasteiger partial charge < -0.3 is 9.64 Å². The van der Waals surface area contributed by atoms with Gasteiger partial charge in [-0.05, 0) is 27.8 Å². The van der Waals surface area contributed by atoms with Gasteiger partial charge in [-0.1, -0.05) is 0 Å². The molecule has 3 rings (SSSR count). The lowest BCUT2D eigenvalue weighted by molar-refractivity contribution is -0.0459. The lowest BCUT2D eigenvalue weighted by atomic mass is 10.1. The molecule has 0 bridgehead atoms. The Hall–Kier alpha value is -1.02. The molecule has 0 saturated carbocycles. The van der Waals surface area contributed by atoms with Gasteiger partial charge in [0.1, 0.15) is 0 Å². The Kier molecular flexibility index (Phi) is 5.86. The summed E-state index contributed by atoms with van der Waals surface area (Å²) in [5.74, 6) is 0. The van der Waals surface area contributed by atoms with E-state index in [-0.39, 0.29) is 0 Å². The van der Waals surface area contributed by atoms with Gasteiger partial charge in [0.05, 0.1) is 30.6 Å². The number of morpholine rings is 1. The minimum absolute atomic E-state index is 0.356. The van der Waals surface area contributed by atoms with Crippen molar-refractivity contribution in [3.8, 4) is 0 Å². The number of aryl methyl sites for hydroxylation is 2. The van der Waals surface area contributed by atoms with Gasteiger partial charge in [-0.2, -0.15) is 15.0 Å². The predicted molar refractivity (Wildman–Crippen MR) is 94.0 cm³/mol. The molecule has 1 aromatic rings. The van der Waals surface area contributed by atoms with Crippen molar-refractivity contribution in [2.75, 3.05) is 52.9 Å². The zero-order valence-electron chi connectivity index (χ0n) is 15.6. The maximum atomic E-state index is 5.92. The number of ether oxygens (including phenoxy) is 1. The largest absolute Gasteiger partial charge is 0.374 e. The first-order valence-electron chi connectivity index (χ1n) is 9.22. The Labute approximate surface area is 145 Å². The highest BCUT2D eigenvalue weighted by Gasteiger charge is 2.28. The van der Waals surface area contributed by atoms with E-state index in [4.69, 9.17) is 4.74 Å². The zero-order chi connectivity index (χ0) is 17.1. The average molecular weight is 336 g/mol. The lowest BCUT2D eigenvalue weighted by Crippen LogP contribution is -2.55.